The van der Waals surface area contributed by atoms with Crippen LogP contribution >= 0.6 is 15.9 Å². The lowest BCUT2D eigenvalue weighted by molar-refractivity contribution is 0.0599. The third kappa shape index (κ3) is 4.43. The van der Waals surface area contributed by atoms with Crippen LogP contribution in [0.1, 0.15) is 73.4 Å². The molecule has 0 bridgehead atoms. The van der Waals surface area contributed by atoms with Crippen molar-refractivity contribution < 1.29 is 19.1 Å². The molecule has 1 aromatic heterocycles. The molecule has 0 saturated heterocycles. The van der Waals surface area contributed by atoms with Crippen LogP contribution in [0, 0.1) is 0 Å². The van der Waals surface area contributed by atoms with Gasteiger partial charge < -0.3 is 14.0 Å². The van der Waals surface area contributed by atoms with E-state index in [0.717, 1.165) is 21.8 Å². The number of hydrogen-bond acceptors (Lipinski definition) is 4. The van der Waals surface area contributed by atoms with Crippen molar-refractivity contribution in [3.63, 3.8) is 0 Å². The zero-order valence-corrected chi connectivity index (χ0v) is 23.7. The largest absolute Gasteiger partial charge is 0.465 e. The zero-order valence-electron chi connectivity index (χ0n) is 22.1. The SMILES string of the molecule is COC(=O)c1cc(Br)cc(C(=O)OC)c1-n1c2ccc(C(C)(C)C)cc2c2cc(C(C)(C)C)ccc21. The molecule has 36 heavy (non-hydrogen) atoms. The molecule has 0 saturated carbocycles. The average molecular weight is 550 g/mol. The molecule has 0 radical (unpaired) electrons. The second-order valence-electron chi connectivity index (χ2n) is 11.1. The number of hydrogen-bond donors (Lipinski definition) is 0. The summed E-state index contributed by atoms with van der Waals surface area (Å²) in [5.41, 5.74) is 5.07. The Morgan fingerprint density at radius 3 is 1.42 bits per heavy atom. The predicted molar refractivity (Wildman–Crippen MR) is 149 cm³/mol. The topological polar surface area (TPSA) is 57.5 Å². The Morgan fingerprint density at radius 2 is 1.08 bits per heavy atom. The fourth-order valence-corrected chi connectivity index (χ4v) is 5.03. The normalized spacial score (nSPS) is 12.2. The molecule has 3 aromatic carbocycles. The molecule has 5 nitrogen and oxygen atoms in total. The number of rotatable bonds is 3. The summed E-state index contributed by atoms with van der Waals surface area (Å²) in [5.74, 6) is -1.08. The van der Waals surface area contributed by atoms with E-state index in [9.17, 15) is 9.59 Å². The van der Waals surface area contributed by atoms with Gasteiger partial charge in [0, 0.05) is 15.2 Å². The maximum Gasteiger partial charge on any atom is 0.340 e. The van der Waals surface area contributed by atoms with Crippen molar-refractivity contribution >= 4 is 49.7 Å². The van der Waals surface area contributed by atoms with E-state index in [1.807, 2.05) is 4.57 Å². The first kappa shape index (κ1) is 26.0. The maximum absolute atomic E-state index is 13.0. The molecule has 0 amide bonds. The van der Waals surface area contributed by atoms with Crippen LogP contribution < -0.4 is 0 Å². The first-order valence-corrected chi connectivity index (χ1v) is 12.7. The highest BCUT2D eigenvalue weighted by atomic mass is 79.9. The van der Waals surface area contributed by atoms with Crippen LogP contribution in [-0.4, -0.2) is 30.7 Å². The van der Waals surface area contributed by atoms with Crippen molar-refractivity contribution in [3.05, 3.63) is 75.3 Å². The summed E-state index contributed by atoms with van der Waals surface area (Å²) in [4.78, 5) is 26.0. The number of methoxy groups -OCH3 is 2. The van der Waals surface area contributed by atoms with Crippen LogP contribution in [0.25, 0.3) is 27.5 Å². The average Bonchev–Trinajstić information content (AvgIpc) is 3.14. The molecule has 0 spiro atoms. The Bertz CT molecular complexity index is 1410. The Morgan fingerprint density at radius 1 is 0.694 bits per heavy atom. The second-order valence-corrected chi connectivity index (χ2v) is 12.0. The summed E-state index contributed by atoms with van der Waals surface area (Å²) >= 11 is 3.44. The van der Waals surface area contributed by atoms with Gasteiger partial charge in [-0.1, -0.05) is 69.6 Å². The molecular weight excluding hydrogens is 518 g/mol. The maximum atomic E-state index is 13.0. The van der Waals surface area contributed by atoms with E-state index in [-0.39, 0.29) is 22.0 Å². The molecule has 4 aromatic rings. The van der Waals surface area contributed by atoms with E-state index in [4.69, 9.17) is 9.47 Å². The van der Waals surface area contributed by atoms with E-state index in [0.29, 0.717) is 10.2 Å². The molecule has 1 heterocycles. The minimum atomic E-state index is -0.538. The second kappa shape index (κ2) is 9.07. The van der Waals surface area contributed by atoms with Crippen LogP contribution in [0.3, 0.4) is 0 Å². The van der Waals surface area contributed by atoms with Gasteiger partial charge in [0.15, 0.2) is 0 Å². The number of halogens is 1. The third-order valence-corrected chi connectivity index (χ3v) is 7.06. The number of aromatic nitrogens is 1. The monoisotopic (exact) mass is 549 g/mol. The molecule has 0 fully saturated rings. The van der Waals surface area contributed by atoms with Gasteiger partial charge in [0.05, 0.1) is 42.1 Å². The molecule has 0 aliphatic carbocycles. The van der Waals surface area contributed by atoms with Crippen LogP contribution in [0.15, 0.2) is 53.0 Å². The van der Waals surface area contributed by atoms with Crippen LogP contribution in [0.2, 0.25) is 0 Å². The lowest BCUT2D eigenvalue weighted by atomic mass is 9.85. The summed E-state index contributed by atoms with van der Waals surface area (Å²) in [6.45, 7) is 13.1. The van der Waals surface area contributed by atoms with Crippen LogP contribution in [0.5, 0.6) is 0 Å². The summed E-state index contributed by atoms with van der Waals surface area (Å²) in [5, 5.41) is 2.11. The molecular formula is C30H32BrNO4. The first-order chi connectivity index (χ1) is 16.8. The Balaban J connectivity index is 2.24. The third-order valence-electron chi connectivity index (χ3n) is 6.61. The Labute approximate surface area is 220 Å². The van der Waals surface area contributed by atoms with Crippen molar-refractivity contribution in [2.75, 3.05) is 14.2 Å². The summed E-state index contributed by atoms with van der Waals surface area (Å²) < 4.78 is 12.8. The molecule has 0 aliphatic heterocycles. The summed E-state index contributed by atoms with van der Waals surface area (Å²) in [6, 6.07) is 16.1. The minimum Gasteiger partial charge on any atom is -0.465 e. The van der Waals surface area contributed by atoms with E-state index < -0.39 is 11.9 Å². The molecule has 0 aliphatic rings. The lowest BCUT2D eigenvalue weighted by Crippen LogP contribution is -2.15. The van der Waals surface area contributed by atoms with E-state index >= 15 is 0 Å². The Hall–Kier alpha value is -3.12. The van der Waals surface area contributed by atoms with Crippen molar-refractivity contribution in [1.82, 2.24) is 4.57 Å². The molecule has 4 rings (SSSR count). The van der Waals surface area contributed by atoms with E-state index in [1.165, 1.54) is 25.3 Å². The van der Waals surface area contributed by atoms with Gasteiger partial charge in [0.1, 0.15) is 0 Å². The van der Waals surface area contributed by atoms with Crippen molar-refractivity contribution in [2.45, 2.75) is 52.4 Å². The van der Waals surface area contributed by atoms with Crippen molar-refractivity contribution in [3.8, 4) is 5.69 Å². The molecule has 188 valence electrons. The summed E-state index contributed by atoms with van der Waals surface area (Å²) in [7, 11) is 2.67. The first-order valence-electron chi connectivity index (χ1n) is 11.9. The molecule has 0 unspecified atom stereocenters. The fraction of sp³-hybridized carbons (Fsp3) is 0.333. The quantitative estimate of drug-likeness (QED) is 0.245. The van der Waals surface area contributed by atoms with Gasteiger partial charge in [-0.3, -0.25) is 0 Å². The number of ether oxygens (including phenoxy) is 2. The number of esters is 2. The van der Waals surface area contributed by atoms with E-state index in [1.54, 1.807) is 12.1 Å². The van der Waals surface area contributed by atoms with Gasteiger partial charge in [0.2, 0.25) is 0 Å². The number of nitrogens with zero attached hydrogens (tertiary/aromatic N) is 1. The van der Waals surface area contributed by atoms with Gasteiger partial charge in [-0.2, -0.15) is 0 Å². The number of carbonyl (C=O) groups is 2. The number of benzene rings is 3. The van der Waals surface area contributed by atoms with Crippen molar-refractivity contribution in [2.24, 2.45) is 0 Å². The van der Waals surface area contributed by atoms with E-state index in [2.05, 4.69) is 93.9 Å². The van der Waals surface area contributed by atoms with Gasteiger partial charge in [-0.15, -0.1) is 0 Å². The number of carbonyl (C=O) groups excluding carboxylic acids is 2. The highest BCUT2D eigenvalue weighted by Crippen LogP contribution is 2.39. The fourth-order valence-electron chi connectivity index (χ4n) is 4.57. The Kier molecular flexibility index (Phi) is 6.54. The van der Waals surface area contributed by atoms with Crippen LogP contribution in [-0.2, 0) is 20.3 Å². The number of fused-ring (bicyclic) bond motifs is 3. The molecule has 0 atom stereocenters. The zero-order chi connectivity index (χ0) is 26.6. The predicted octanol–water partition coefficient (Wildman–Crippen LogP) is 7.71. The van der Waals surface area contributed by atoms with Gasteiger partial charge in [0.25, 0.3) is 0 Å². The van der Waals surface area contributed by atoms with Gasteiger partial charge in [-0.25, -0.2) is 9.59 Å². The highest BCUT2D eigenvalue weighted by Gasteiger charge is 2.27. The highest BCUT2D eigenvalue weighted by molar-refractivity contribution is 9.10. The lowest BCUT2D eigenvalue weighted by Gasteiger charge is -2.20. The van der Waals surface area contributed by atoms with Crippen LogP contribution in [0.4, 0.5) is 0 Å². The smallest absolute Gasteiger partial charge is 0.340 e. The van der Waals surface area contributed by atoms with Crippen molar-refractivity contribution in [1.29, 1.82) is 0 Å². The van der Waals surface area contributed by atoms with Gasteiger partial charge >= 0.3 is 11.9 Å². The minimum absolute atomic E-state index is 0.0454. The molecule has 0 N–H and O–H groups in total. The molecule has 6 heteroatoms. The summed E-state index contributed by atoms with van der Waals surface area (Å²) in [6.07, 6.45) is 0. The van der Waals surface area contributed by atoms with Gasteiger partial charge in [-0.05, 0) is 58.4 Å². The standard InChI is InChI=1S/C30H32BrNO4/c1-29(2,3)17-9-11-24-20(13-17)21-14-18(30(4,5)6)10-12-25(21)32(24)26-22(27(33)35-7)15-19(31)16-23(26)28(34)36-8/h9-16H,1-8H3.